The average molecular weight is 332 g/mol. The van der Waals surface area contributed by atoms with Crippen molar-refractivity contribution in [3.63, 3.8) is 0 Å². The summed E-state index contributed by atoms with van der Waals surface area (Å²) < 4.78 is 10.5. The summed E-state index contributed by atoms with van der Waals surface area (Å²) in [6.45, 7) is 2.26. The highest BCUT2D eigenvalue weighted by molar-refractivity contribution is 5.76. The highest BCUT2D eigenvalue weighted by Gasteiger charge is 2.31. The monoisotopic (exact) mass is 332 g/mol. The van der Waals surface area contributed by atoms with Crippen LogP contribution >= 0.6 is 0 Å². The summed E-state index contributed by atoms with van der Waals surface area (Å²) in [6.07, 6.45) is 6.12. The van der Waals surface area contributed by atoms with Crippen LogP contribution in [0.1, 0.15) is 37.7 Å². The van der Waals surface area contributed by atoms with Crippen molar-refractivity contribution in [1.29, 1.82) is 0 Å². The van der Waals surface area contributed by atoms with Crippen molar-refractivity contribution >= 4 is 5.91 Å². The largest absolute Gasteiger partial charge is 0.493 e. The minimum Gasteiger partial charge on any atom is -0.493 e. The third-order valence-corrected chi connectivity index (χ3v) is 5.05. The molecule has 132 valence electrons. The van der Waals surface area contributed by atoms with Crippen molar-refractivity contribution in [2.45, 2.75) is 50.6 Å². The van der Waals surface area contributed by atoms with E-state index in [2.05, 4.69) is 10.2 Å². The number of likely N-dealkylation sites (tertiary alicyclic amines) is 1. The van der Waals surface area contributed by atoms with Gasteiger partial charge in [0.1, 0.15) is 0 Å². The summed E-state index contributed by atoms with van der Waals surface area (Å²) in [6, 6.07) is 7.01. The number of nitrogens with zero attached hydrogens (tertiary/aromatic N) is 1. The Hall–Kier alpha value is -1.75. The van der Waals surface area contributed by atoms with Crippen LogP contribution in [0.5, 0.6) is 11.5 Å². The second kappa shape index (κ2) is 7.88. The summed E-state index contributed by atoms with van der Waals surface area (Å²) in [5.41, 5.74) is 1.09. The van der Waals surface area contributed by atoms with E-state index in [4.69, 9.17) is 9.47 Å². The van der Waals surface area contributed by atoms with Gasteiger partial charge >= 0.3 is 0 Å². The third kappa shape index (κ3) is 4.41. The molecule has 0 atom stereocenters. The Morgan fingerprint density at radius 2 is 1.83 bits per heavy atom. The van der Waals surface area contributed by atoms with Gasteiger partial charge in [0.05, 0.1) is 14.2 Å². The normalized spacial score (nSPS) is 19.1. The third-order valence-electron chi connectivity index (χ3n) is 5.05. The van der Waals surface area contributed by atoms with Gasteiger partial charge in [-0.2, -0.15) is 0 Å². The lowest BCUT2D eigenvalue weighted by molar-refractivity contribution is -0.122. The lowest BCUT2D eigenvalue weighted by atomic mass is 10.0. The molecule has 5 nitrogen and oxygen atoms in total. The Morgan fingerprint density at radius 1 is 1.12 bits per heavy atom. The molecule has 0 bridgehead atoms. The van der Waals surface area contributed by atoms with Gasteiger partial charge < -0.3 is 19.7 Å². The van der Waals surface area contributed by atoms with Crippen molar-refractivity contribution in [2.24, 2.45) is 0 Å². The molecule has 0 spiro atoms. The number of hydrogen-bond donors (Lipinski definition) is 1. The first kappa shape index (κ1) is 17.1. The molecule has 3 rings (SSSR count). The van der Waals surface area contributed by atoms with Gasteiger partial charge in [-0.1, -0.05) is 6.07 Å². The van der Waals surface area contributed by atoms with Gasteiger partial charge in [-0.05, 0) is 49.8 Å². The molecule has 0 radical (unpaired) electrons. The van der Waals surface area contributed by atoms with E-state index in [0.717, 1.165) is 37.5 Å². The van der Waals surface area contributed by atoms with Crippen molar-refractivity contribution in [3.05, 3.63) is 23.8 Å². The number of rotatable bonds is 7. The SMILES string of the molecule is COc1ccc(CCC(=O)NC2CCN(C3CC3)CC2)cc1OC. The number of piperidine rings is 1. The van der Waals surface area contributed by atoms with Crippen LogP contribution in [0.2, 0.25) is 0 Å². The van der Waals surface area contributed by atoms with Crippen molar-refractivity contribution in [1.82, 2.24) is 10.2 Å². The Balaban J connectivity index is 1.42. The van der Waals surface area contributed by atoms with E-state index in [1.807, 2.05) is 18.2 Å². The summed E-state index contributed by atoms with van der Waals surface area (Å²) in [4.78, 5) is 14.8. The number of carbonyl (C=O) groups is 1. The number of amides is 1. The zero-order valence-electron chi connectivity index (χ0n) is 14.7. The van der Waals surface area contributed by atoms with E-state index < -0.39 is 0 Å². The fourth-order valence-electron chi connectivity index (χ4n) is 3.44. The van der Waals surface area contributed by atoms with Gasteiger partial charge in [-0.3, -0.25) is 4.79 Å². The molecule has 1 heterocycles. The standard InChI is InChI=1S/C19H28N2O3/c1-23-17-7-3-14(13-18(17)24-2)4-8-19(22)20-15-9-11-21(12-10-15)16-5-6-16/h3,7,13,15-16H,4-6,8-12H2,1-2H3,(H,20,22). The molecular formula is C19H28N2O3. The number of hydrogen-bond acceptors (Lipinski definition) is 4. The second-order valence-electron chi connectivity index (χ2n) is 6.80. The van der Waals surface area contributed by atoms with E-state index in [1.165, 1.54) is 12.8 Å². The highest BCUT2D eigenvalue weighted by Crippen LogP contribution is 2.29. The fraction of sp³-hybridized carbons (Fsp3) is 0.632. The number of carbonyl (C=O) groups excluding carboxylic acids is 1. The van der Waals surface area contributed by atoms with E-state index >= 15 is 0 Å². The zero-order chi connectivity index (χ0) is 16.9. The lowest BCUT2D eigenvalue weighted by Gasteiger charge is -2.32. The predicted octanol–water partition coefficient (Wildman–Crippen LogP) is 2.38. The van der Waals surface area contributed by atoms with Crippen molar-refractivity contribution in [3.8, 4) is 11.5 Å². The van der Waals surface area contributed by atoms with Crippen LogP contribution in [-0.2, 0) is 11.2 Å². The van der Waals surface area contributed by atoms with E-state index in [-0.39, 0.29) is 5.91 Å². The summed E-state index contributed by atoms with van der Waals surface area (Å²) in [5.74, 6) is 1.57. The van der Waals surface area contributed by atoms with Gasteiger partial charge in [0.15, 0.2) is 11.5 Å². The van der Waals surface area contributed by atoms with Crippen LogP contribution in [0.15, 0.2) is 18.2 Å². The molecule has 2 aliphatic rings. The number of nitrogens with one attached hydrogen (secondary N) is 1. The first-order valence-corrected chi connectivity index (χ1v) is 8.94. The topological polar surface area (TPSA) is 50.8 Å². The van der Waals surface area contributed by atoms with Gasteiger partial charge in [-0.15, -0.1) is 0 Å². The molecule has 1 aromatic rings. The van der Waals surface area contributed by atoms with Crippen LogP contribution < -0.4 is 14.8 Å². The quantitative estimate of drug-likeness (QED) is 0.833. The van der Waals surface area contributed by atoms with Crippen LogP contribution in [0.4, 0.5) is 0 Å². The Morgan fingerprint density at radius 3 is 2.46 bits per heavy atom. The van der Waals surface area contributed by atoms with Gasteiger partial charge in [0.2, 0.25) is 5.91 Å². The Kier molecular flexibility index (Phi) is 5.61. The summed E-state index contributed by atoms with van der Waals surface area (Å²) >= 11 is 0. The van der Waals surface area contributed by atoms with Crippen LogP contribution in [-0.4, -0.2) is 50.2 Å². The van der Waals surface area contributed by atoms with Crippen LogP contribution in [0.25, 0.3) is 0 Å². The first-order valence-electron chi connectivity index (χ1n) is 8.94. The van der Waals surface area contributed by atoms with Crippen LogP contribution in [0.3, 0.4) is 0 Å². The van der Waals surface area contributed by atoms with Gasteiger partial charge in [0.25, 0.3) is 0 Å². The van der Waals surface area contributed by atoms with E-state index in [1.54, 1.807) is 14.2 Å². The molecule has 2 fully saturated rings. The number of aryl methyl sites for hydroxylation is 1. The maximum Gasteiger partial charge on any atom is 0.220 e. The number of ether oxygens (including phenoxy) is 2. The molecule has 1 amide bonds. The lowest BCUT2D eigenvalue weighted by Crippen LogP contribution is -2.45. The number of benzene rings is 1. The van der Waals surface area contributed by atoms with E-state index in [9.17, 15) is 4.79 Å². The molecule has 5 heteroatoms. The Labute approximate surface area is 144 Å². The van der Waals surface area contributed by atoms with Crippen molar-refractivity contribution < 1.29 is 14.3 Å². The van der Waals surface area contributed by atoms with Crippen molar-refractivity contribution in [2.75, 3.05) is 27.3 Å². The fourth-order valence-corrected chi connectivity index (χ4v) is 3.44. The molecule has 1 N–H and O–H groups in total. The van der Waals surface area contributed by atoms with E-state index in [0.29, 0.717) is 30.4 Å². The minimum absolute atomic E-state index is 0.148. The predicted molar refractivity (Wildman–Crippen MR) is 93.6 cm³/mol. The molecule has 0 aromatic heterocycles. The highest BCUT2D eigenvalue weighted by atomic mass is 16.5. The van der Waals surface area contributed by atoms with Gasteiger partial charge in [-0.25, -0.2) is 0 Å². The smallest absolute Gasteiger partial charge is 0.220 e. The average Bonchev–Trinajstić information content (AvgIpc) is 3.45. The summed E-state index contributed by atoms with van der Waals surface area (Å²) in [7, 11) is 3.25. The summed E-state index contributed by atoms with van der Waals surface area (Å²) in [5, 5.41) is 3.20. The molecular weight excluding hydrogens is 304 g/mol. The maximum absolute atomic E-state index is 12.2. The molecule has 1 saturated carbocycles. The Bertz CT molecular complexity index is 564. The number of methoxy groups -OCH3 is 2. The van der Waals surface area contributed by atoms with Crippen LogP contribution in [0, 0.1) is 0 Å². The zero-order valence-corrected chi connectivity index (χ0v) is 14.7. The molecule has 1 saturated heterocycles. The second-order valence-corrected chi connectivity index (χ2v) is 6.80. The van der Waals surface area contributed by atoms with Gasteiger partial charge in [0, 0.05) is 31.6 Å². The molecule has 0 unspecified atom stereocenters. The molecule has 1 aliphatic heterocycles. The first-order chi connectivity index (χ1) is 11.7. The maximum atomic E-state index is 12.2. The molecule has 1 aromatic carbocycles. The molecule has 1 aliphatic carbocycles. The minimum atomic E-state index is 0.148. The molecule has 24 heavy (non-hydrogen) atoms.